The molecule has 0 aliphatic carbocycles. The molecule has 0 unspecified atom stereocenters. The number of aliphatic carboxylic acids is 2. The van der Waals surface area contributed by atoms with Gasteiger partial charge in [-0.2, -0.15) is 0 Å². The molecule has 0 bridgehead atoms. The zero-order chi connectivity index (χ0) is 45.0. The summed E-state index contributed by atoms with van der Waals surface area (Å²) in [5.74, 6) is 0.185. The Hall–Kier alpha value is -2.42. The summed E-state index contributed by atoms with van der Waals surface area (Å²) in [7, 11) is 1.66. The average molecular weight is 860 g/mol. The number of anilines is 2. The van der Waals surface area contributed by atoms with Gasteiger partial charge in [-0.3, -0.25) is 19.2 Å². The molecule has 61 heavy (non-hydrogen) atoms. The van der Waals surface area contributed by atoms with Crippen LogP contribution in [-0.4, -0.2) is 60.3 Å². The van der Waals surface area contributed by atoms with Gasteiger partial charge in [-0.1, -0.05) is 195 Å². The monoisotopic (exact) mass is 860 g/mol. The Balaban J connectivity index is 2.90. The Morgan fingerprint density at radius 3 is 1.34 bits per heavy atom. The van der Waals surface area contributed by atoms with Crippen LogP contribution >= 0.6 is 0 Å². The van der Waals surface area contributed by atoms with Crippen LogP contribution in [0.25, 0.3) is 0 Å². The fourth-order valence-electron chi connectivity index (χ4n) is 9.70. The summed E-state index contributed by atoms with van der Waals surface area (Å²) in [6.07, 6.45) is 37.6. The molecule has 0 heterocycles. The lowest BCUT2D eigenvalue weighted by atomic mass is 9.72. The molecule has 0 atom stereocenters. The van der Waals surface area contributed by atoms with Gasteiger partial charge in [0.25, 0.3) is 10.9 Å². The largest absolute Gasteiger partial charge is 0.481 e. The number of carboxylic acids is 2. The van der Waals surface area contributed by atoms with E-state index in [0.29, 0.717) is 17.9 Å². The van der Waals surface area contributed by atoms with Crippen molar-refractivity contribution >= 4 is 23.3 Å². The Bertz CT molecular complexity index is 1240. The number of nitrogens with one attached hydrogen (secondary N) is 2. The fraction of sp³-hybridized carbons (Fsp3) is 0.885. The number of hydrogen-bond donors (Lipinski definition) is 4. The first-order valence-corrected chi connectivity index (χ1v) is 26.0. The molecule has 0 amide bonds. The average Bonchev–Trinajstić information content (AvgIpc) is 3.24. The molecular formula is C52H97N3O6. The summed E-state index contributed by atoms with van der Waals surface area (Å²) in [4.78, 5) is 50.6. The van der Waals surface area contributed by atoms with E-state index in [9.17, 15) is 24.3 Å². The van der Waals surface area contributed by atoms with Crippen molar-refractivity contribution < 1.29 is 19.8 Å². The molecule has 4 N–H and O–H groups in total. The number of carbonyl (C=O) groups is 2. The summed E-state index contributed by atoms with van der Waals surface area (Å²) in [6, 6.07) is 0. The van der Waals surface area contributed by atoms with Crippen molar-refractivity contribution in [3.05, 3.63) is 20.4 Å². The number of nitrogens with zero attached hydrogens (tertiary/aromatic N) is 1. The third-order valence-electron chi connectivity index (χ3n) is 13.7. The molecule has 0 aliphatic heterocycles. The highest BCUT2D eigenvalue weighted by atomic mass is 16.4. The molecule has 0 aliphatic rings. The smallest absolute Gasteiger partial charge is 0.309 e. The number of rotatable bonds is 46. The number of hydrogen-bond acceptors (Lipinski definition) is 7. The van der Waals surface area contributed by atoms with Crippen LogP contribution in [0.1, 0.15) is 246 Å². The first-order chi connectivity index (χ1) is 29.6. The van der Waals surface area contributed by atoms with Gasteiger partial charge < -0.3 is 25.7 Å². The Morgan fingerprint density at radius 2 is 0.902 bits per heavy atom. The van der Waals surface area contributed by atoms with Gasteiger partial charge >= 0.3 is 11.9 Å². The van der Waals surface area contributed by atoms with E-state index in [1.165, 1.54) is 116 Å². The minimum Gasteiger partial charge on any atom is -0.481 e. The molecule has 0 saturated heterocycles. The lowest BCUT2D eigenvalue weighted by molar-refractivity contribution is -0.151. The van der Waals surface area contributed by atoms with Crippen LogP contribution in [0.15, 0.2) is 9.59 Å². The standard InChI is InChI=1S/C52H97N3O6/c1-6-10-19-30-44(31-20-11-7-2)34-27-38-52(51(60)61,39-28-35-45(32-21-12-8-3)33-22-13-9-4)37-24-16-18-26-42-55(41-25-17-14-15-23-36-46(56)57)43-29-40-54-48-47(53-5)49(58)50(48)59/h44-45,53-54H,6-43H2,1-5H3,(H,56,57)(H,60,61). The summed E-state index contributed by atoms with van der Waals surface area (Å²) < 4.78 is 0. The Morgan fingerprint density at radius 1 is 0.508 bits per heavy atom. The van der Waals surface area contributed by atoms with Crippen LogP contribution in [0, 0.1) is 17.3 Å². The van der Waals surface area contributed by atoms with Crippen LogP contribution in [0.3, 0.4) is 0 Å². The minimum absolute atomic E-state index is 0.240. The molecule has 356 valence electrons. The van der Waals surface area contributed by atoms with E-state index in [1.54, 1.807) is 7.05 Å². The van der Waals surface area contributed by atoms with E-state index in [2.05, 4.69) is 43.2 Å². The molecular weight excluding hydrogens is 763 g/mol. The third kappa shape index (κ3) is 26.1. The molecule has 0 fully saturated rings. The van der Waals surface area contributed by atoms with E-state index in [-0.39, 0.29) is 6.42 Å². The Labute approximate surface area is 374 Å². The van der Waals surface area contributed by atoms with E-state index in [0.717, 1.165) is 128 Å². The quantitative estimate of drug-likeness (QED) is 0.0373. The van der Waals surface area contributed by atoms with E-state index in [1.807, 2.05) is 0 Å². The summed E-state index contributed by atoms with van der Waals surface area (Å²) in [5.41, 5.74) is -0.744. The summed E-state index contributed by atoms with van der Waals surface area (Å²) in [5, 5.41) is 26.0. The maximum Gasteiger partial charge on any atom is 0.309 e. The van der Waals surface area contributed by atoms with Gasteiger partial charge in [0.2, 0.25) is 0 Å². The van der Waals surface area contributed by atoms with Crippen molar-refractivity contribution in [2.24, 2.45) is 17.3 Å². The van der Waals surface area contributed by atoms with Gasteiger partial charge in [-0.15, -0.1) is 0 Å². The number of unbranched alkanes of at least 4 members (excludes halogenated alkanes) is 15. The highest BCUT2D eigenvalue weighted by Crippen LogP contribution is 2.40. The second-order valence-electron chi connectivity index (χ2n) is 18.9. The molecule has 9 heteroatoms. The molecule has 1 aromatic carbocycles. The molecule has 1 rings (SSSR count). The highest BCUT2D eigenvalue weighted by Gasteiger charge is 2.37. The topological polar surface area (TPSA) is 136 Å². The van der Waals surface area contributed by atoms with Crippen LogP contribution < -0.4 is 21.5 Å². The Kier molecular flexibility index (Phi) is 34.3. The van der Waals surface area contributed by atoms with Crippen molar-refractivity contribution in [2.45, 2.75) is 246 Å². The lowest BCUT2D eigenvalue weighted by Gasteiger charge is -2.31. The van der Waals surface area contributed by atoms with E-state index in [4.69, 9.17) is 5.11 Å². The van der Waals surface area contributed by atoms with Crippen molar-refractivity contribution in [2.75, 3.05) is 43.9 Å². The maximum atomic E-state index is 13.4. The molecule has 0 spiro atoms. The number of carboxylic acid groups (broad SMARTS) is 2. The van der Waals surface area contributed by atoms with Gasteiger partial charge in [0.1, 0.15) is 11.4 Å². The van der Waals surface area contributed by atoms with Gasteiger partial charge in [0, 0.05) is 20.0 Å². The normalized spacial score (nSPS) is 12.1. The van der Waals surface area contributed by atoms with Crippen LogP contribution in [0.2, 0.25) is 0 Å². The van der Waals surface area contributed by atoms with Crippen LogP contribution in [0.5, 0.6) is 0 Å². The van der Waals surface area contributed by atoms with Crippen molar-refractivity contribution in [3.8, 4) is 0 Å². The fourth-order valence-corrected chi connectivity index (χ4v) is 9.70. The molecule has 0 saturated carbocycles. The first-order valence-electron chi connectivity index (χ1n) is 26.0. The van der Waals surface area contributed by atoms with Gasteiger partial charge in [0.05, 0.1) is 5.41 Å². The zero-order valence-corrected chi connectivity index (χ0v) is 40.5. The SMILES string of the molecule is CCCCCC(CCCCC)CCCC(CCCCCCN(CCCCCCCC(=O)O)CCCNc1c(NC)c(=O)c1=O)(CCCC(CCCCC)CCCCC)C(=O)O. The van der Waals surface area contributed by atoms with Gasteiger partial charge in [-0.25, -0.2) is 0 Å². The maximum absolute atomic E-state index is 13.4. The molecule has 1 aromatic rings. The van der Waals surface area contributed by atoms with Crippen LogP contribution in [0.4, 0.5) is 11.4 Å². The molecule has 9 nitrogen and oxygen atoms in total. The molecule has 0 aromatic heterocycles. The van der Waals surface area contributed by atoms with E-state index < -0.39 is 28.2 Å². The van der Waals surface area contributed by atoms with Crippen molar-refractivity contribution in [1.29, 1.82) is 0 Å². The molecule has 0 radical (unpaired) electrons. The minimum atomic E-state index is -0.724. The van der Waals surface area contributed by atoms with Crippen LogP contribution in [-0.2, 0) is 9.59 Å². The van der Waals surface area contributed by atoms with Crippen molar-refractivity contribution in [3.63, 3.8) is 0 Å². The van der Waals surface area contributed by atoms with Crippen molar-refractivity contribution in [1.82, 2.24) is 4.90 Å². The highest BCUT2D eigenvalue weighted by molar-refractivity contribution is 5.74. The first kappa shape index (κ1) is 56.6. The van der Waals surface area contributed by atoms with Gasteiger partial charge in [-0.05, 0) is 76.4 Å². The predicted molar refractivity (Wildman–Crippen MR) is 260 cm³/mol. The summed E-state index contributed by atoms with van der Waals surface area (Å²) >= 11 is 0. The second-order valence-corrected chi connectivity index (χ2v) is 18.9. The lowest BCUT2D eigenvalue weighted by Crippen LogP contribution is -2.37. The predicted octanol–water partition coefficient (Wildman–Crippen LogP) is 13.8. The summed E-state index contributed by atoms with van der Waals surface area (Å²) in [6.45, 7) is 12.6. The third-order valence-corrected chi connectivity index (χ3v) is 13.7. The van der Waals surface area contributed by atoms with Gasteiger partial charge in [0.15, 0.2) is 0 Å². The second kappa shape index (κ2) is 37.0. The zero-order valence-electron chi connectivity index (χ0n) is 40.5. The van der Waals surface area contributed by atoms with E-state index >= 15 is 0 Å².